The predicted octanol–water partition coefficient (Wildman–Crippen LogP) is 3.90. The van der Waals surface area contributed by atoms with Crippen LogP contribution in [0.25, 0.3) is 22.4 Å². The Bertz CT molecular complexity index is 983. The van der Waals surface area contributed by atoms with Crippen LogP contribution < -0.4 is 5.56 Å². The van der Waals surface area contributed by atoms with Gasteiger partial charge in [-0.25, -0.2) is 4.98 Å². The van der Waals surface area contributed by atoms with Gasteiger partial charge in [-0.2, -0.15) is 4.98 Å². The monoisotopic (exact) mass is 352 g/mol. The number of aromatic nitrogens is 4. The summed E-state index contributed by atoms with van der Waals surface area (Å²) in [5.74, 6) is 2.10. The predicted molar refractivity (Wildman–Crippen MR) is 100.0 cm³/mol. The summed E-state index contributed by atoms with van der Waals surface area (Å²) in [7, 11) is 0. The van der Waals surface area contributed by atoms with Crippen LogP contribution in [0.15, 0.2) is 27.5 Å². The first kappa shape index (κ1) is 16.9. The molecule has 3 aromatic rings. The van der Waals surface area contributed by atoms with Crippen molar-refractivity contribution in [2.24, 2.45) is 5.92 Å². The fourth-order valence-corrected chi connectivity index (χ4v) is 3.93. The molecule has 26 heavy (non-hydrogen) atoms. The second-order valence-corrected chi connectivity index (χ2v) is 7.15. The standard InChI is InChI=1S/C20H24N4O2/c1-3-24-17-10-9-15(12-16(17)21-13(2)20(24)25)19-22-18(26-23-19)11-8-14-6-4-5-7-14/h9-10,12,14H,3-8,11H2,1-2H3. The number of benzene rings is 1. The summed E-state index contributed by atoms with van der Waals surface area (Å²) in [6.45, 7) is 4.33. The molecule has 0 radical (unpaired) electrons. The van der Waals surface area contributed by atoms with Gasteiger partial charge in [0.2, 0.25) is 11.7 Å². The lowest BCUT2D eigenvalue weighted by Crippen LogP contribution is -2.23. The maximum absolute atomic E-state index is 12.2. The Kier molecular flexibility index (Phi) is 4.57. The lowest BCUT2D eigenvalue weighted by Gasteiger charge is -2.09. The van der Waals surface area contributed by atoms with E-state index in [1.807, 2.05) is 25.1 Å². The molecular weight excluding hydrogens is 328 g/mol. The summed E-state index contributed by atoms with van der Waals surface area (Å²) in [4.78, 5) is 21.2. The highest BCUT2D eigenvalue weighted by Gasteiger charge is 2.17. The van der Waals surface area contributed by atoms with Crippen molar-refractivity contribution in [3.63, 3.8) is 0 Å². The average molecular weight is 352 g/mol. The third-order valence-corrected chi connectivity index (χ3v) is 5.39. The van der Waals surface area contributed by atoms with Gasteiger partial charge in [0.15, 0.2) is 0 Å². The number of hydrogen-bond acceptors (Lipinski definition) is 5. The zero-order valence-electron chi connectivity index (χ0n) is 15.4. The molecule has 0 atom stereocenters. The second kappa shape index (κ2) is 7.02. The Morgan fingerprint density at radius 1 is 1.23 bits per heavy atom. The molecule has 0 bridgehead atoms. The van der Waals surface area contributed by atoms with E-state index in [4.69, 9.17) is 4.52 Å². The van der Waals surface area contributed by atoms with Gasteiger partial charge in [-0.3, -0.25) is 4.79 Å². The first-order chi connectivity index (χ1) is 12.7. The molecule has 1 aliphatic rings. The van der Waals surface area contributed by atoms with Crippen LogP contribution in [0, 0.1) is 12.8 Å². The van der Waals surface area contributed by atoms with Gasteiger partial charge in [-0.15, -0.1) is 0 Å². The van der Waals surface area contributed by atoms with Crippen LogP contribution in [-0.2, 0) is 13.0 Å². The summed E-state index contributed by atoms with van der Waals surface area (Å²) in [5.41, 5.74) is 2.93. The van der Waals surface area contributed by atoms with Gasteiger partial charge in [-0.05, 0) is 44.4 Å². The lowest BCUT2D eigenvalue weighted by atomic mass is 10.0. The maximum Gasteiger partial charge on any atom is 0.272 e. The second-order valence-electron chi connectivity index (χ2n) is 7.15. The minimum atomic E-state index is -0.0403. The average Bonchev–Trinajstić information content (AvgIpc) is 3.32. The van der Waals surface area contributed by atoms with Crippen molar-refractivity contribution >= 4 is 11.0 Å². The number of hydrogen-bond donors (Lipinski definition) is 0. The zero-order valence-corrected chi connectivity index (χ0v) is 15.4. The molecule has 0 saturated heterocycles. The molecule has 6 nitrogen and oxygen atoms in total. The topological polar surface area (TPSA) is 73.8 Å². The van der Waals surface area contributed by atoms with E-state index in [-0.39, 0.29) is 5.56 Å². The molecule has 0 N–H and O–H groups in total. The molecular formula is C20H24N4O2. The van der Waals surface area contributed by atoms with Gasteiger partial charge in [0.05, 0.1) is 11.0 Å². The van der Waals surface area contributed by atoms with Crippen molar-refractivity contribution in [2.45, 2.75) is 58.9 Å². The Balaban J connectivity index is 1.60. The van der Waals surface area contributed by atoms with Gasteiger partial charge in [0.1, 0.15) is 5.69 Å². The SMILES string of the molecule is CCn1c(=O)c(C)nc2cc(-c3noc(CCC4CCCC4)n3)ccc21. The van der Waals surface area contributed by atoms with E-state index >= 15 is 0 Å². The fourth-order valence-electron chi connectivity index (χ4n) is 3.93. The summed E-state index contributed by atoms with van der Waals surface area (Å²) < 4.78 is 7.18. The summed E-state index contributed by atoms with van der Waals surface area (Å²) >= 11 is 0. The first-order valence-electron chi connectivity index (χ1n) is 9.50. The van der Waals surface area contributed by atoms with E-state index in [1.54, 1.807) is 11.5 Å². The van der Waals surface area contributed by atoms with Crippen molar-refractivity contribution in [1.29, 1.82) is 0 Å². The van der Waals surface area contributed by atoms with Crippen LogP contribution >= 0.6 is 0 Å². The molecule has 1 aromatic carbocycles. The molecule has 2 heterocycles. The molecule has 2 aromatic heterocycles. The number of aryl methyl sites for hydroxylation is 3. The molecule has 6 heteroatoms. The van der Waals surface area contributed by atoms with Gasteiger partial charge in [0, 0.05) is 18.5 Å². The third-order valence-electron chi connectivity index (χ3n) is 5.39. The summed E-state index contributed by atoms with van der Waals surface area (Å²) in [6.07, 6.45) is 7.34. The van der Waals surface area contributed by atoms with Crippen molar-refractivity contribution in [3.8, 4) is 11.4 Å². The molecule has 1 aliphatic carbocycles. The van der Waals surface area contributed by atoms with Crippen molar-refractivity contribution < 1.29 is 4.52 Å². The Morgan fingerprint density at radius 2 is 2.04 bits per heavy atom. The lowest BCUT2D eigenvalue weighted by molar-refractivity contribution is 0.362. The Hall–Kier alpha value is -2.50. The molecule has 0 spiro atoms. The third kappa shape index (κ3) is 3.16. The van der Waals surface area contributed by atoms with Crippen molar-refractivity contribution in [2.75, 3.05) is 0 Å². The summed E-state index contributed by atoms with van der Waals surface area (Å²) in [5, 5.41) is 4.14. The number of fused-ring (bicyclic) bond motifs is 1. The maximum atomic E-state index is 12.2. The van der Waals surface area contributed by atoms with Crippen LogP contribution in [0.3, 0.4) is 0 Å². The molecule has 1 fully saturated rings. The van der Waals surface area contributed by atoms with E-state index in [2.05, 4.69) is 15.1 Å². The van der Waals surface area contributed by atoms with E-state index < -0.39 is 0 Å². The highest BCUT2D eigenvalue weighted by molar-refractivity contribution is 5.80. The van der Waals surface area contributed by atoms with Crippen molar-refractivity contribution in [1.82, 2.24) is 19.7 Å². The van der Waals surface area contributed by atoms with Gasteiger partial charge >= 0.3 is 0 Å². The molecule has 0 aliphatic heterocycles. The quantitative estimate of drug-likeness (QED) is 0.696. The largest absolute Gasteiger partial charge is 0.339 e. The Morgan fingerprint density at radius 3 is 2.81 bits per heavy atom. The van der Waals surface area contributed by atoms with E-state index in [0.717, 1.165) is 35.4 Å². The number of nitrogens with zero attached hydrogens (tertiary/aromatic N) is 4. The van der Waals surface area contributed by atoms with Crippen molar-refractivity contribution in [3.05, 3.63) is 40.1 Å². The van der Waals surface area contributed by atoms with Crippen LogP contribution in [0.5, 0.6) is 0 Å². The normalized spacial score (nSPS) is 15.2. The van der Waals surface area contributed by atoms with E-state index in [9.17, 15) is 4.79 Å². The molecule has 136 valence electrons. The minimum Gasteiger partial charge on any atom is -0.339 e. The smallest absolute Gasteiger partial charge is 0.272 e. The highest BCUT2D eigenvalue weighted by atomic mass is 16.5. The highest BCUT2D eigenvalue weighted by Crippen LogP contribution is 2.29. The molecule has 4 rings (SSSR count). The number of rotatable bonds is 5. The van der Waals surface area contributed by atoms with Crippen LogP contribution in [0.1, 0.15) is 50.6 Å². The van der Waals surface area contributed by atoms with Crippen LogP contribution in [0.4, 0.5) is 0 Å². The van der Waals surface area contributed by atoms with E-state index in [1.165, 1.54) is 25.7 Å². The van der Waals surface area contributed by atoms with Gasteiger partial charge in [-0.1, -0.05) is 30.8 Å². The van der Waals surface area contributed by atoms with Crippen LogP contribution in [-0.4, -0.2) is 19.7 Å². The van der Waals surface area contributed by atoms with Gasteiger partial charge < -0.3 is 9.09 Å². The van der Waals surface area contributed by atoms with E-state index in [0.29, 0.717) is 24.0 Å². The Labute approximate surface area is 152 Å². The first-order valence-corrected chi connectivity index (χ1v) is 9.50. The van der Waals surface area contributed by atoms with Crippen LogP contribution in [0.2, 0.25) is 0 Å². The molecule has 0 amide bonds. The molecule has 0 unspecified atom stereocenters. The summed E-state index contributed by atoms with van der Waals surface area (Å²) in [6, 6.07) is 5.77. The minimum absolute atomic E-state index is 0.0403. The molecule has 1 saturated carbocycles. The van der Waals surface area contributed by atoms with Gasteiger partial charge in [0.25, 0.3) is 5.56 Å². The fraction of sp³-hybridized carbons (Fsp3) is 0.500. The zero-order chi connectivity index (χ0) is 18.1.